The van der Waals surface area contributed by atoms with Crippen molar-refractivity contribution in [3.63, 3.8) is 0 Å². The molecule has 0 atom stereocenters. The summed E-state index contributed by atoms with van der Waals surface area (Å²) in [5, 5.41) is 5.67. The molecule has 3 rings (SSSR count). The van der Waals surface area contributed by atoms with E-state index >= 15 is 0 Å². The van der Waals surface area contributed by atoms with Crippen LogP contribution >= 0.6 is 24.2 Å². The second kappa shape index (κ2) is 10.5. The third-order valence-electron chi connectivity index (χ3n) is 4.58. The Hall–Kier alpha value is -1.85. The monoisotopic (exact) mass is 403 g/mol. The van der Waals surface area contributed by atoms with Crippen molar-refractivity contribution in [2.45, 2.75) is 50.5 Å². The van der Waals surface area contributed by atoms with Gasteiger partial charge in [-0.3, -0.25) is 4.79 Å². The van der Waals surface area contributed by atoms with E-state index in [4.69, 9.17) is 0 Å². The van der Waals surface area contributed by atoms with Gasteiger partial charge in [0.05, 0.1) is 11.2 Å². The van der Waals surface area contributed by atoms with Crippen LogP contribution in [0.5, 0.6) is 0 Å². The van der Waals surface area contributed by atoms with Crippen LogP contribution in [0.15, 0.2) is 47.5 Å². The number of benzene rings is 1. The minimum absolute atomic E-state index is 0. The van der Waals surface area contributed by atoms with Crippen LogP contribution in [0.1, 0.15) is 54.0 Å². The van der Waals surface area contributed by atoms with Gasteiger partial charge in [0.2, 0.25) is 0 Å². The molecule has 0 spiro atoms. The molecule has 0 aliphatic rings. The molecule has 0 saturated carbocycles. The highest BCUT2D eigenvalue weighted by Gasteiger charge is 2.10. The van der Waals surface area contributed by atoms with Crippen molar-refractivity contribution in [1.29, 1.82) is 0 Å². The van der Waals surface area contributed by atoms with Crippen molar-refractivity contribution in [3.8, 4) is 0 Å². The molecule has 0 saturated heterocycles. The van der Waals surface area contributed by atoms with E-state index in [1.807, 2.05) is 54.1 Å². The molecular weight excluding hydrogens is 378 g/mol. The smallest absolute Gasteiger partial charge is 0.162 e. The zero-order valence-corrected chi connectivity index (χ0v) is 17.5. The van der Waals surface area contributed by atoms with Crippen LogP contribution in [-0.2, 0) is 6.42 Å². The van der Waals surface area contributed by atoms with Gasteiger partial charge >= 0.3 is 0 Å². The lowest BCUT2D eigenvalue weighted by atomic mass is 10.0. The van der Waals surface area contributed by atoms with Gasteiger partial charge < -0.3 is 0 Å². The molecule has 0 unspecified atom stereocenters. The van der Waals surface area contributed by atoms with E-state index < -0.39 is 0 Å². The Bertz CT molecular complexity index is 880. The van der Waals surface area contributed by atoms with Gasteiger partial charge in [0.25, 0.3) is 0 Å². The number of Topliss-reactive ketones (excluding diaryl/α,β-unsaturated/α-hetero) is 1. The topological polar surface area (TPSA) is 47.3 Å². The van der Waals surface area contributed by atoms with Crippen LogP contribution in [0.4, 0.5) is 0 Å². The molecule has 0 bridgehead atoms. The normalized spacial score (nSPS) is 10.7. The third kappa shape index (κ3) is 5.56. The standard InChI is InChI=1S/C21H25N3OS.ClH/c1-16-18-14-15-21(26-2)23-24(18)20(22-16)13-9-4-3-8-12-19(25)17-10-6-5-7-11-17;/h5-7,10-11,14-15H,3-4,8-9,12-13H2,1-2H3;1H. The zero-order valence-electron chi connectivity index (χ0n) is 15.9. The molecule has 2 aromatic heterocycles. The molecule has 0 radical (unpaired) electrons. The van der Waals surface area contributed by atoms with E-state index in [0.29, 0.717) is 6.42 Å². The molecule has 0 aliphatic heterocycles. The minimum atomic E-state index is 0. The van der Waals surface area contributed by atoms with Gasteiger partial charge in [0.1, 0.15) is 10.9 Å². The molecule has 2 heterocycles. The van der Waals surface area contributed by atoms with E-state index in [0.717, 1.165) is 59.7 Å². The molecule has 0 N–H and O–H groups in total. The summed E-state index contributed by atoms with van der Waals surface area (Å²) in [5.74, 6) is 1.28. The van der Waals surface area contributed by atoms with Gasteiger partial charge in [-0.05, 0) is 38.2 Å². The Labute approximate surface area is 171 Å². The fourth-order valence-electron chi connectivity index (χ4n) is 3.14. The van der Waals surface area contributed by atoms with E-state index in [9.17, 15) is 4.79 Å². The van der Waals surface area contributed by atoms with E-state index in [1.54, 1.807) is 11.8 Å². The number of rotatable bonds is 9. The Kier molecular flexibility index (Phi) is 8.32. The number of imidazole rings is 1. The zero-order chi connectivity index (χ0) is 18.4. The summed E-state index contributed by atoms with van der Waals surface area (Å²) in [5.41, 5.74) is 2.95. The van der Waals surface area contributed by atoms with Gasteiger partial charge in [0.15, 0.2) is 5.78 Å². The predicted octanol–water partition coefficient (Wildman–Crippen LogP) is 5.56. The highest BCUT2D eigenvalue weighted by atomic mass is 35.5. The van der Waals surface area contributed by atoms with Crippen LogP contribution in [-0.4, -0.2) is 26.6 Å². The summed E-state index contributed by atoms with van der Waals surface area (Å²) in [6.07, 6.45) is 7.80. The minimum Gasteiger partial charge on any atom is -0.294 e. The van der Waals surface area contributed by atoms with Crippen LogP contribution in [0.3, 0.4) is 0 Å². The van der Waals surface area contributed by atoms with Gasteiger partial charge in [-0.15, -0.1) is 24.2 Å². The van der Waals surface area contributed by atoms with Crippen LogP contribution in [0.2, 0.25) is 0 Å². The lowest BCUT2D eigenvalue weighted by Gasteiger charge is -2.03. The Morgan fingerprint density at radius 2 is 1.78 bits per heavy atom. The molecule has 0 fully saturated rings. The number of aromatic nitrogens is 3. The van der Waals surface area contributed by atoms with Crippen molar-refractivity contribution >= 4 is 35.5 Å². The third-order valence-corrected chi connectivity index (χ3v) is 5.22. The van der Waals surface area contributed by atoms with Crippen molar-refractivity contribution in [2.75, 3.05) is 6.26 Å². The quantitative estimate of drug-likeness (QED) is 0.266. The number of nitrogens with zero attached hydrogens (tertiary/aromatic N) is 3. The van der Waals surface area contributed by atoms with E-state index in [-0.39, 0.29) is 18.2 Å². The first-order chi connectivity index (χ1) is 12.7. The molecule has 0 aliphatic carbocycles. The van der Waals surface area contributed by atoms with Crippen molar-refractivity contribution in [3.05, 3.63) is 59.5 Å². The fourth-order valence-corrected chi connectivity index (χ4v) is 3.50. The van der Waals surface area contributed by atoms with Crippen LogP contribution in [0.25, 0.3) is 5.52 Å². The van der Waals surface area contributed by atoms with Crippen molar-refractivity contribution in [1.82, 2.24) is 14.6 Å². The maximum Gasteiger partial charge on any atom is 0.162 e. The summed E-state index contributed by atoms with van der Waals surface area (Å²) in [6.45, 7) is 2.04. The fraction of sp³-hybridized carbons (Fsp3) is 0.381. The van der Waals surface area contributed by atoms with E-state index in [2.05, 4.69) is 16.1 Å². The second-order valence-corrected chi connectivity index (χ2v) is 7.32. The summed E-state index contributed by atoms with van der Waals surface area (Å²) in [4.78, 5) is 16.8. The first-order valence-corrected chi connectivity index (χ1v) is 10.4. The molecule has 3 aromatic rings. The lowest BCUT2D eigenvalue weighted by Crippen LogP contribution is -2.00. The number of unbranched alkanes of at least 4 members (excludes halogenated alkanes) is 3. The molecule has 1 aromatic carbocycles. The first kappa shape index (κ1) is 21.5. The van der Waals surface area contributed by atoms with E-state index in [1.165, 1.54) is 0 Å². The first-order valence-electron chi connectivity index (χ1n) is 9.16. The molecule has 4 nitrogen and oxygen atoms in total. The molecule has 27 heavy (non-hydrogen) atoms. The summed E-state index contributed by atoms with van der Waals surface area (Å²) < 4.78 is 1.99. The number of fused-ring (bicyclic) bond motifs is 1. The number of hydrogen-bond acceptors (Lipinski definition) is 4. The summed E-state index contributed by atoms with van der Waals surface area (Å²) in [6, 6.07) is 13.7. The largest absolute Gasteiger partial charge is 0.294 e. The lowest BCUT2D eigenvalue weighted by molar-refractivity contribution is 0.0979. The molecule has 0 amide bonds. The average molecular weight is 404 g/mol. The highest BCUT2D eigenvalue weighted by Crippen LogP contribution is 2.18. The number of hydrogen-bond donors (Lipinski definition) is 0. The Morgan fingerprint density at radius 1 is 1.04 bits per heavy atom. The Morgan fingerprint density at radius 3 is 2.52 bits per heavy atom. The van der Waals surface area contributed by atoms with Gasteiger partial charge in [0, 0.05) is 18.4 Å². The van der Waals surface area contributed by atoms with Gasteiger partial charge in [-0.2, -0.15) is 5.10 Å². The highest BCUT2D eigenvalue weighted by molar-refractivity contribution is 7.98. The van der Waals surface area contributed by atoms with Crippen LogP contribution in [0, 0.1) is 6.92 Å². The summed E-state index contributed by atoms with van der Waals surface area (Å²) >= 11 is 1.65. The maximum absolute atomic E-state index is 12.1. The predicted molar refractivity (Wildman–Crippen MR) is 114 cm³/mol. The number of carbonyl (C=O) groups is 1. The second-order valence-electron chi connectivity index (χ2n) is 6.49. The molecule has 6 heteroatoms. The number of ketones is 1. The SMILES string of the molecule is CSc1ccc2c(C)nc(CCCCCCC(=O)c3ccccc3)n2n1.Cl. The summed E-state index contributed by atoms with van der Waals surface area (Å²) in [7, 11) is 0. The van der Waals surface area contributed by atoms with Gasteiger partial charge in [-0.1, -0.05) is 43.2 Å². The van der Waals surface area contributed by atoms with Crippen molar-refractivity contribution < 1.29 is 4.79 Å². The number of halogens is 1. The molecule has 144 valence electrons. The average Bonchev–Trinajstić information content (AvgIpc) is 3.00. The van der Waals surface area contributed by atoms with Crippen molar-refractivity contribution in [2.24, 2.45) is 0 Å². The number of carbonyl (C=O) groups excluding carboxylic acids is 1. The maximum atomic E-state index is 12.1. The number of thioether (sulfide) groups is 1. The van der Waals surface area contributed by atoms with Crippen LogP contribution < -0.4 is 0 Å². The molecular formula is C21H26ClN3OS. The number of aryl methyl sites for hydroxylation is 2. The Balaban J connectivity index is 0.00000261. The van der Waals surface area contributed by atoms with Gasteiger partial charge in [-0.25, -0.2) is 9.50 Å².